The number of aliphatic hydroxyl groups is 6. The summed E-state index contributed by atoms with van der Waals surface area (Å²) in [6, 6.07) is 0. The van der Waals surface area contributed by atoms with Gasteiger partial charge < -0.3 is 40.1 Å². The van der Waals surface area contributed by atoms with E-state index in [0.717, 1.165) is 31.3 Å². The van der Waals surface area contributed by atoms with E-state index in [-0.39, 0.29) is 11.8 Å². The normalized spacial score (nSPS) is 43.0. The van der Waals surface area contributed by atoms with Gasteiger partial charge in [-0.05, 0) is 93.1 Å². The summed E-state index contributed by atoms with van der Waals surface area (Å²) in [4.78, 5) is 0. The van der Waals surface area contributed by atoms with Gasteiger partial charge in [-0.25, -0.2) is 0 Å². The van der Waals surface area contributed by atoms with E-state index in [1.54, 1.807) is 0 Å². The number of ether oxygens (including phenoxy) is 2. The molecule has 3 saturated carbocycles. The third-order valence-corrected chi connectivity index (χ3v) is 10.6. The van der Waals surface area contributed by atoms with Crippen molar-refractivity contribution in [1.82, 2.24) is 0 Å². The van der Waals surface area contributed by atoms with E-state index in [1.807, 2.05) is 13.8 Å². The monoisotopic (exact) mass is 578 g/mol. The van der Waals surface area contributed by atoms with Gasteiger partial charge >= 0.3 is 0 Å². The molecule has 1 aliphatic heterocycles. The molecule has 1 heterocycles. The zero-order valence-corrected chi connectivity index (χ0v) is 25.4. The van der Waals surface area contributed by atoms with Crippen molar-refractivity contribution in [3.05, 3.63) is 35.5 Å². The molecule has 6 N–H and O–H groups in total. The zero-order chi connectivity index (χ0) is 30.1. The van der Waals surface area contributed by atoms with Gasteiger partial charge in [-0.2, -0.15) is 0 Å². The first-order valence-corrected chi connectivity index (χ1v) is 15.7. The second-order valence-electron chi connectivity index (χ2n) is 14.2. The average molecular weight is 579 g/mol. The highest BCUT2D eigenvalue weighted by molar-refractivity contribution is 5.39. The summed E-state index contributed by atoms with van der Waals surface area (Å²) in [6.45, 7) is 12.4. The molecule has 0 radical (unpaired) electrons. The maximum absolute atomic E-state index is 10.7. The molecule has 0 aromatic carbocycles. The van der Waals surface area contributed by atoms with E-state index in [0.29, 0.717) is 29.7 Å². The fourth-order valence-electron chi connectivity index (χ4n) is 8.20. The van der Waals surface area contributed by atoms with Crippen LogP contribution in [0.5, 0.6) is 0 Å². The molecule has 3 aliphatic carbocycles. The standard InChI is InChI=1S/C33H54O8/c1-19(8-6-14-32(3,4)39)24-12-13-25-21(9-7-15-33(24,25)5)10-11-22-16-23(35)17-26(20(22)2)40-31-30(38)29(37)28(36)27(18-34)41-31/h10-11,19,23-31,34-39H,2,6-9,12-18H2,1,3-5H3/t19?,23-,24-,25?,26+,27?,28?,29?,30?,31?,33-/m1/s1. The lowest BCUT2D eigenvalue weighted by molar-refractivity contribution is -0.309. The van der Waals surface area contributed by atoms with E-state index < -0.39 is 55.1 Å². The Bertz CT molecular complexity index is 967. The SMILES string of the molecule is C=C1C(=CC=C2CCC[C@@]3(C)C2CC[C@@H]3C(C)CCCC(C)(C)O)C[C@@H](O)C[C@@H]1OC1OC(CO)C(O)C(O)C1O. The Morgan fingerprint density at radius 2 is 1.85 bits per heavy atom. The minimum Gasteiger partial charge on any atom is -0.394 e. The van der Waals surface area contributed by atoms with E-state index in [1.165, 1.54) is 31.3 Å². The van der Waals surface area contributed by atoms with Crippen molar-refractivity contribution >= 4 is 0 Å². The van der Waals surface area contributed by atoms with Crippen LogP contribution in [0.15, 0.2) is 35.5 Å². The molecule has 8 heteroatoms. The van der Waals surface area contributed by atoms with Crippen LogP contribution in [0.25, 0.3) is 0 Å². The van der Waals surface area contributed by atoms with E-state index in [4.69, 9.17) is 9.47 Å². The van der Waals surface area contributed by atoms with Gasteiger partial charge in [-0.1, -0.05) is 51.0 Å². The Balaban J connectivity index is 1.44. The Morgan fingerprint density at radius 3 is 2.54 bits per heavy atom. The first-order chi connectivity index (χ1) is 19.2. The maximum Gasteiger partial charge on any atom is 0.187 e. The van der Waals surface area contributed by atoms with Crippen molar-refractivity contribution in [1.29, 1.82) is 0 Å². The van der Waals surface area contributed by atoms with Gasteiger partial charge in [0.1, 0.15) is 24.4 Å². The summed E-state index contributed by atoms with van der Waals surface area (Å²) in [5.74, 6) is 1.84. The molecule has 7 unspecified atom stereocenters. The summed E-state index contributed by atoms with van der Waals surface area (Å²) >= 11 is 0. The van der Waals surface area contributed by atoms with Gasteiger partial charge in [-0.3, -0.25) is 0 Å². The first-order valence-electron chi connectivity index (χ1n) is 15.7. The molecule has 0 amide bonds. The number of fused-ring (bicyclic) bond motifs is 1. The average Bonchev–Trinajstić information content (AvgIpc) is 3.26. The lowest BCUT2D eigenvalue weighted by Crippen LogP contribution is -2.60. The zero-order valence-electron chi connectivity index (χ0n) is 25.4. The first kappa shape index (κ1) is 32.8. The Hall–Kier alpha value is -1.10. The highest BCUT2D eigenvalue weighted by atomic mass is 16.7. The van der Waals surface area contributed by atoms with Crippen LogP contribution < -0.4 is 0 Å². The summed E-state index contributed by atoms with van der Waals surface area (Å²) in [5, 5.41) is 61.0. The van der Waals surface area contributed by atoms with Crippen LogP contribution in [0.1, 0.15) is 91.9 Å². The van der Waals surface area contributed by atoms with E-state index >= 15 is 0 Å². The number of rotatable bonds is 9. The van der Waals surface area contributed by atoms with Gasteiger partial charge in [0, 0.05) is 6.42 Å². The molecule has 234 valence electrons. The molecule has 4 aliphatic rings. The quantitative estimate of drug-likeness (QED) is 0.244. The van der Waals surface area contributed by atoms with E-state index in [2.05, 4.69) is 32.6 Å². The summed E-state index contributed by atoms with van der Waals surface area (Å²) in [5.41, 5.74) is 2.73. The fourth-order valence-corrected chi connectivity index (χ4v) is 8.20. The predicted octanol–water partition coefficient (Wildman–Crippen LogP) is 3.53. The van der Waals surface area contributed by atoms with Gasteiger partial charge in [0.2, 0.25) is 0 Å². The molecule has 0 bridgehead atoms. The predicted molar refractivity (Wildman–Crippen MR) is 157 cm³/mol. The lowest BCUT2D eigenvalue weighted by Gasteiger charge is -2.44. The number of hydrogen-bond acceptors (Lipinski definition) is 8. The lowest BCUT2D eigenvalue weighted by atomic mass is 9.60. The van der Waals surface area contributed by atoms with Gasteiger partial charge in [0.15, 0.2) is 6.29 Å². The molecule has 41 heavy (non-hydrogen) atoms. The van der Waals surface area contributed by atoms with Crippen molar-refractivity contribution < 1.29 is 40.1 Å². The molecule has 0 aromatic heterocycles. The van der Waals surface area contributed by atoms with Crippen LogP contribution in [-0.2, 0) is 9.47 Å². The number of hydrogen-bond donors (Lipinski definition) is 6. The molecule has 8 nitrogen and oxygen atoms in total. The molecule has 11 atom stereocenters. The number of allylic oxidation sites excluding steroid dienone is 3. The van der Waals surface area contributed by atoms with Crippen LogP contribution >= 0.6 is 0 Å². The minimum absolute atomic E-state index is 0.272. The second kappa shape index (κ2) is 13.3. The fraction of sp³-hybridized carbons (Fsp3) is 0.818. The highest BCUT2D eigenvalue weighted by Crippen LogP contribution is 2.60. The van der Waals surface area contributed by atoms with E-state index in [9.17, 15) is 30.6 Å². The third-order valence-electron chi connectivity index (χ3n) is 10.6. The Kier molecular flexibility index (Phi) is 10.6. The van der Waals surface area contributed by atoms with Crippen LogP contribution in [-0.4, -0.2) is 85.8 Å². The molecule has 0 aromatic rings. The molecule has 0 spiro atoms. The Labute approximate surface area is 245 Å². The van der Waals surface area contributed by atoms with Crippen molar-refractivity contribution in [2.45, 2.75) is 140 Å². The summed E-state index contributed by atoms with van der Waals surface area (Å²) in [7, 11) is 0. The minimum atomic E-state index is -1.52. The van der Waals surface area contributed by atoms with Crippen LogP contribution in [0, 0.1) is 23.2 Å². The molecular formula is C33H54O8. The highest BCUT2D eigenvalue weighted by Gasteiger charge is 2.50. The molecule has 4 rings (SSSR count). The number of aliphatic hydroxyl groups excluding tert-OH is 5. The second-order valence-corrected chi connectivity index (χ2v) is 14.2. The molecular weight excluding hydrogens is 524 g/mol. The van der Waals surface area contributed by atoms with Gasteiger partial charge in [0.25, 0.3) is 0 Å². The van der Waals surface area contributed by atoms with Gasteiger partial charge in [-0.15, -0.1) is 0 Å². The molecule has 1 saturated heterocycles. The topological polar surface area (TPSA) is 140 Å². The van der Waals surface area contributed by atoms with Crippen LogP contribution in [0.3, 0.4) is 0 Å². The maximum atomic E-state index is 10.7. The third kappa shape index (κ3) is 7.35. The van der Waals surface area contributed by atoms with Crippen molar-refractivity contribution in [3.63, 3.8) is 0 Å². The van der Waals surface area contributed by atoms with Crippen LogP contribution in [0.4, 0.5) is 0 Å². The van der Waals surface area contributed by atoms with Crippen molar-refractivity contribution in [3.8, 4) is 0 Å². The summed E-state index contributed by atoms with van der Waals surface area (Å²) in [6.07, 6.45) is 5.91. The molecule has 4 fully saturated rings. The Morgan fingerprint density at radius 1 is 1.12 bits per heavy atom. The van der Waals surface area contributed by atoms with Crippen molar-refractivity contribution in [2.75, 3.05) is 6.61 Å². The summed E-state index contributed by atoms with van der Waals surface area (Å²) < 4.78 is 11.5. The van der Waals surface area contributed by atoms with Crippen LogP contribution in [0.2, 0.25) is 0 Å². The smallest absolute Gasteiger partial charge is 0.187 e. The van der Waals surface area contributed by atoms with Crippen molar-refractivity contribution in [2.24, 2.45) is 23.2 Å². The van der Waals surface area contributed by atoms with Gasteiger partial charge in [0.05, 0.1) is 24.4 Å². The largest absolute Gasteiger partial charge is 0.394 e.